The molecule has 3 rings (SSSR count). The van der Waals surface area contributed by atoms with Crippen molar-refractivity contribution in [2.24, 2.45) is 0 Å². The zero-order chi connectivity index (χ0) is 11.7. The minimum Gasteiger partial charge on any atom is -0.381 e. The molecule has 1 N–H and O–H groups in total. The Hall–Kier alpha value is -0.870. The number of hydrogen-bond acceptors (Lipinski definition) is 3. The number of methoxy groups -OCH3 is 1. The Kier molecular flexibility index (Phi) is 3.16. The van der Waals surface area contributed by atoms with Crippen molar-refractivity contribution in [1.29, 1.82) is 0 Å². The summed E-state index contributed by atoms with van der Waals surface area (Å²) in [5.41, 5.74) is 0. The number of imidazole rings is 1. The molecular formula is C13H21N3O. The molecule has 2 aliphatic carbocycles. The fourth-order valence-corrected chi connectivity index (χ4v) is 3.15. The monoisotopic (exact) mass is 235 g/mol. The summed E-state index contributed by atoms with van der Waals surface area (Å²) in [7, 11) is 1.81. The predicted molar refractivity (Wildman–Crippen MR) is 65.9 cm³/mol. The van der Waals surface area contributed by atoms with Gasteiger partial charge in [0.25, 0.3) is 0 Å². The summed E-state index contributed by atoms with van der Waals surface area (Å²) >= 11 is 0. The summed E-state index contributed by atoms with van der Waals surface area (Å²) in [6.45, 7) is 0. The summed E-state index contributed by atoms with van der Waals surface area (Å²) in [4.78, 5) is 4.16. The van der Waals surface area contributed by atoms with Crippen molar-refractivity contribution < 1.29 is 4.74 Å². The second kappa shape index (κ2) is 4.78. The van der Waals surface area contributed by atoms with Crippen LogP contribution >= 0.6 is 0 Å². The van der Waals surface area contributed by atoms with Gasteiger partial charge in [-0.25, -0.2) is 4.98 Å². The summed E-state index contributed by atoms with van der Waals surface area (Å²) < 4.78 is 7.59. The molecule has 0 saturated heterocycles. The van der Waals surface area contributed by atoms with Gasteiger partial charge in [0, 0.05) is 37.6 Å². The molecule has 94 valence electrons. The zero-order valence-corrected chi connectivity index (χ0v) is 10.4. The number of hydrogen-bond donors (Lipinski definition) is 1. The lowest BCUT2D eigenvalue weighted by molar-refractivity contribution is 0.0130. The first-order chi connectivity index (χ1) is 8.36. The third-order valence-electron chi connectivity index (χ3n) is 4.27. The average molecular weight is 235 g/mol. The van der Waals surface area contributed by atoms with E-state index < -0.39 is 0 Å². The SMILES string of the molecule is COC1CC(NC2CCCC2n2ccnc2)C1. The van der Waals surface area contributed by atoms with Gasteiger partial charge in [-0.2, -0.15) is 0 Å². The third kappa shape index (κ3) is 2.24. The molecule has 4 nitrogen and oxygen atoms in total. The third-order valence-corrected chi connectivity index (χ3v) is 4.27. The van der Waals surface area contributed by atoms with Crippen LogP contribution in [0, 0.1) is 0 Å². The van der Waals surface area contributed by atoms with Gasteiger partial charge in [-0.15, -0.1) is 0 Å². The first kappa shape index (κ1) is 11.2. The molecule has 2 saturated carbocycles. The predicted octanol–water partition coefficient (Wildman–Crippen LogP) is 1.74. The molecule has 2 aliphatic rings. The molecule has 1 aromatic heterocycles. The maximum atomic E-state index is 5.32. The number of nitrogens with zero attached hydrogens (tertiary/aromatic N) is 2. The van der Waals surface area contributed by atoms with Gasteiger partial charge in [0.05, 0.1) is 12.4 Å². The van der Waals surface area contributed by atoms with Crippen molar-refractivity contribution >= 4 is 0 Å². The highest BCUT2D eigenvalue weighted by Gasteiger charge is 2.35. The van der Waals surface area contributed by atoms with Crippen LogP contribution < -0.4 is 5.32 Å². The summed E-state index contributed by atoms with van der Waals surface area (Å²) in [6, 6.07) is 1.88. The molecule has 0 spiro atoms. The fraction of sp³-hybridized carbons (Fsp3) is 0.769. The van der Waals surface area contributed by atoms with Crippen LogP contribution in [0.4, 0.5) is 0 Å². The Morgan fingerprint density at radius 3 is 2.94 bits per heavy atom. The van der Waals surface area contributed by atoms with Gasteiger partial charge >= 0.3 is 0 Å². The highest BCUT2D eigenvalue weighted by atomic mass is 16.5. The van der Waals surface area contributed by atoms with Crippen molar-refractivity contribution in [3.05, 3.63) is 18.7 Å². The lowest BCUT2D eigenvalue weighted by Gasteiger charge is -2.38. The average Bonchev–Trinajstić information content (AvgIpc) is 2.92. The fourth-order valence-electron chi connectivity index (χ4n) is 3.15. The summed E-state index contributed by atoms with van der Waals surface area (Å²) in [6.07, 6.45) is 12.6. The van der Waals surface area contributed by atoms with Crippen LogP contribution in [0.25, 0.3) is 0 Å². The maximum Gasteiger partial charge on any atom is 0.0949 e. The highest BCUT2D eigenvalue weighted by molar-refractivity contribution is 4.96. The van der Waals surface area contributed by atoms with Gasteiger partial charge < -0.3 is 14.6 Å². The van der Waals surface area contributed by atoms with E-state index in [1.807, 2.05) is 19.6 Å². The lowest BCUT2D eigenvalue weighted by atomic mass is 9.88. The normalized spacial score (nSPS) is 37.0. The van der Waals surface area contributed by atoms with E-state index >= 15 is 0 Å². The first-order valence-electron chi connectivity index (χ1n) is 6.63. The van der Waals surface area contributed by atoms with E-state index in [4.69, 9.17) is 4.74 Å². The van der Waals surface area contributed by atoms with Crippen molar-refractivity contribution in [2.45, 2.75) is 56.3 Å². The zero-order valence-electron chi connectivity index (χ0n) is 10.4. The van der Waals surface area contributed by atoms with Gasteiger partial charge in [0.1, 0.15) is 0 Å². The molecule has 0 aliphatic heterocycles. The smallest absolute Gasteiger partial charge is 0.0949 e. The van der Waals surface area contributed by atoms with Crippen molar-refractivity contribution in [1.82, 2.24) is 14.9 Å². The molecule has 0 aromatic carbocycles. The van der Waals surface area contributed by atoms with Crippen molar-refractivity contribution in [2.75, 3.05) is 7.11 Å². The van der Waals surface area contributed by atoms with Gasteiger partial charge in [0.15, 0.2) is 0 Å². The van der Waals surface area contributed by atoms with Crippen molar-refractivity contribution in [3.63, 3.8) is 0 Å². The Balaban J connectivity index is 1.56. The van der Waals surface area contributed by atoms with E-state index in [-0.39, 0.29) is 0 Å². The minimum absolute atomic E-state index is 0.487. The Labute approximate surface area is 102 Å². The van der Waals surface area contributed by atoms with Gasteiger partial charge in [0.2, 0.25) is 0 Å². The molecule has 2 atom stereocenters. The van der Waals surface area contributed by atoms with E-state index in [1.165, 1.54) is 32.1 Å². The molecule has 17 heavy (non-hydrogen) atoms. The van der Waals surface area contributed by atoms with E-state index in [2.05, 4.69) is 21.1 Å². The number of ether oxygens (including phenoxy) is 1. The largest absolute Gasteiger partial charge is 0.381 e. The molecule has 0 radical (unpaired) electrons. The minimum atomic E-state index is 0.487. The molecule has 0 bridgehead atoms. The first-order valence-corrected chi connectivity index (χ1v) is 6.63. The molecule has 1 aromatic rings. The van der Waals surface area contributed by atoms with Crippen LogP contribution in [0.2, 0.25) is 0 Å². The number of rotatable bonds is 4. The maximum absolute atomic E-state index is 5.32. The Bertz CT molecular complexity index is 346. The highest BCUT2D eigenvalue weighted by Crippen LogP contribution is 2.32. The van der Waals surface area contributed by atoms with Gasteiger partial charge in [-0.1, -0.05) is 0 Å². The number of nitrogens with one attached hydrogen (secondary N) is 1. The van der Waals surface area contributed by atoms with Crippen LogP contribution in [-0.2, 0) is 4.74 Å². The molecule has 0 amide bonds. The number of aromatic nitrogens is 2. The quantitative estimate of drug-likeness (QED) is 0.864. The van der Waals surface area contributed by atoms with Crippen LogP contribution in [0.5, 0.6) is 0 Å². The Morgan fingerprint density at radius 1 is 1.35 bits per heavy atom. The van der Waals surface area contributed by atoms with E-state index in [0.29, 0.717) is 24.2 Å². The van der Waals surface area contributed by atoms with Crippen LogP contribution in [-0.4, -0.2) is 34.8 Å². The van der Waals surface area contributed by atoms with Crippen molar-refractivity contribution in [3.8, 4) is 0 Å². The van der Waals surface area contributed by atoms with Crippen LogP contribution in [0.3, 0.4) is 0 Å². The summed E-state index contributed by atoms with van der Waals surface area (Å²) in [5.74, 6) is 0. The lowest BCUT2D eigenvalue weighted by Crippen LogP contribution is -2.50. The molecule has 1 heterocycles. The van der Waals surface area contributed by atoms with Crippen LogP contribution in [0.1, 0.15) is 38.1 Å². The second-order valence-corrected chi connectivity index (χ2v) is 5.31. The van der Waals surface area contributed by atoms with E-state index in [9.17, 15) is 0 Å². The summed E-state index contributed by atoms with van der Waals surface area (Å²) in [5, 5.41) is 3.79. The topological polar surface area (TPSA) is 39.1 Å². The standard InChI is InChI=1S/C13H21N3O/c1-17-11-7-10(8-11)15-12-3-2-4-13(12)16-6-5-14-9-16/h5-6,9-13,15H,2-4,7-8H2,1H3. The molecule has 2 fully saturated rings. The van der Waals surface area contributed by atoms with Crippen LogP contribution in [0.15, 0.2) is 18.7 Å². The second-order valence-electron chi connectivity index (χ2n) is 5.31. The Morgan fingerprint density at radius 2 is 2.24 bits per heavy atom. The molecular weight excluding hydrogens is 214 g/mol. The molecule has 4 heteroatoms. The van der Waals surface area contributed by atoms with Gasteiger partial charge in [-0.05, 0) is 32.1 Å². The van der Waals surface area contributed by atoms with E-state index in [0.717, 1.165) is 0 Å². The van der Waals surface area contributed by atoms with Gasteiger partial charge in [-0.3, -0.25) is 0 Å². The molecule has 2 unspecified atom stereocenters. The van der Waals surface area contributed by atoms with E-state index in [1.54, 1.807) is 0 Å².